The van der Waals surface area contributed by atoms with Crippen molar-refractivity contribution in [2.45, 2.75) is 18.9 Å². The van der Waals surface area contributed by atoms with Crippen LogP contribution in [0.1, 0.15) is 38.7 Å². The molecule has 44 heavy (non-hydrogen) atoms. The minimum absolute atomic E-state index is 0.0255. The number of nitrogens with zero attached hydrogens (tertiary/aromatic N) is 3. The van der Waals surface area contributed by atoms with Crippen molar-refractivity contribution in [1.82, 2.24) is 9.55 Å². The molecule has 11 nitrogen and oxygen atoms in total. The Morgan fingerprint density at radius 1 is 0.841 bits per heavy atom. The Morgan fingerprint density at radius 3 is 2.32 bits per heavy atom. The first-order chi connectivity index (χ1) is 21.4. The zero-order chi connectivity index (χ0) is 30.8. The number of ether oxygens (including phenoxy) is 3. The van der Waals surface area contributed by atoms with Gasteiger partial charge in [0.1, 0.15) is 0 Å². The molecule has 4 heterocycles. The van der Waals surface area contributed by atoms with Crippen molar-refractivity contribution in [3.05, 3.63) is 100 Å². The van der Waals surface area contributed by atoms with Gasteiger partial charge in [0.15, 0.2) is 11.5 Å². The van der Waals surface area contributed by atoms with Crippen LogP contribution in [0.5, 0.6) is 17.2 Å². The molecule has 2 amide bonds. The van der Waals surface area contributed by atoms with E-state index in [4.69, 9.17) is 14.2 Å². The van der Waals surface area contributed by atoms with Crippen LogP contribution in [0.4, 0.5) is 17.1 Å². The van der Waals surface area contributed by atoms with E-state index < -0.39 is 0 Å². The molecule has 2 N–H and O–H groups in total. The number of piperidine rings is 1. The first-order valence-corrected chi connectivity index (χ1v) is 14.3. The van der Waals surface area contributed by atoms with Crippen molar-refractivity contribution >= 4 is 28.9 Å². The van der Waals surface area contributed by atoms with Gasteiger partial charge < -0.3 is 34.3 Å². The fourth-order valence-electron chi connectivity index (χ4n) is 6.19. The maximum atomic E-state index is 13.5. The van der Waals surface area contributed by atoms with E-state index in [1.54, 1.807) is 48.7 Å². The molecule has 0 spiro atoms. The SMILES string of the molecule is COc1cc(NC(=O)c2ccc(N3C[C@H]4C[C@@H](C3)c3cccc(=O)n3C4)c(NC(=O)c3cccnc3)c2)cc(OC)c1OC. The number of carbonyl (C=O) groups excluding carboxylic acids is 2. The van der Waals surface area contributed by atoms with Crippen molar-refractivity contribution in [2.24, 2.45) is 5.92 Å². The fraction of sp³-hybridized carbons (Fsp3) is 0.273. The zero-order valence-corrected chi connectivity index (χ0v) is 24.7. The molecule has 1 fully saturated rings. The molecule has 2 aromatic carbocycles. The molecule has 11 heteroatoms. The van der Waals surface area contributed by atoms with Gasteiger partial charge >= 0.3 is 0 Å². The number of carbonyl (C=O) groups is 2. The van der Waals surface area contributed by atoms with Crippen LogP contribution in [0.3, 0.4) is 0 Å². The van der Waals surface area contributed by atoms with Gasteiger partial charge in [0.05, 0.1) is 38.3 Å². The molecule has 2 atom stereocenters. The van der Waals surface area contributed by atoms with Crippen molar-refractivity contribution in [3.63, 3.8) is 0 Å². The lowest BCUT2D eigenvalue weighted by Gasteiger charge is -2.44. The summed E-state index contributed by atoms with van der Waals surface area (Å²) in [4.78, 5) is 45.6. The number of nitrogens with one attached hydrogen (secondary N) is 2. The summed E-state index contributed by atoms with van der Waals surface area (Å²) in [6, 6.07) is 17.4. The summed E-state index contributed by atoms with van der Waals surface area (Å²) >= 11 is 0. The standard InChI is InChI=1S/C33H33N5O6/c1-42-28-14-24(15-29(43-2)31(28)44-3)35-32(40)21-9-10-27(25(13-21)36-33(41)22-6-5-11-34-16-22)37-17-20-12-23(19-37)26-7-4-8-30(39)38(26)18-20/h4-11,13-16,20,23H,12,17-19H2,1-3H3,(H,35,40)(H,36,41)/t20-,23+/m1/s1. The van der Waals surface area contributed by atoms with E-state index in [-0.39, 0.29) is 29.2 Å². The first kappa shape index (κ1) is 28.8. The average Bonchev–Trinajstić information content (AvgIpc) is 3.05. The largest absolute Gasteiger partial charge is 0.493 e. The van der Waals surface area contributed by atoms with E-state index >= 15 is 0 Å². The van der Waals surface area contributed by atoms with Gasteiger partial charge in [-0.2, -0.15) is 0 Å². The highest BCUT2D eigenvalue weighted by atomic mass is 16.5. The van der Waals surface area contributed by atoms with Gasteiger partial charge in [-0.3, -0.25) is 19.4 Å². The Kier molecular flexibility index (Phi) is 7.93. The average molecular weight is 596 g/mol. The van der Waals surface area contributed by atoms with Gasteiger partial charge in [0.2, 0.25) is 5.75 Å². The van der Waals surface area contributed by atoms with Gasteiger partial charge in [-0.1, -0.05) is 6.07 Å². The number of amides is 2. The molecule has 226 valence electrons. The number of benzene rings is 2. The number of anilines is 3. The third-order valence-electron chi connectivity index (χ3n) is 8.17. The normalized spacial score (nSPS) is 16.8. The van der Waals surface area contributed by atoms with Crippen molar-refractivity contribution in [1.29, 1.82) is 0 Å². The van der Waals surface area contributed by atoms with Crippen LogP contribution in [0.25, 0.3) is 0 Å². The van der Waals surface area contributed by atoms with Crippen LogP contribution in [0, 0.1) is 5.92 Å². The second-order valence-electron chi connectivity index (χ2n) is 10.9. The lowest BCUT2D eigenvalue weighted by Crippen LogP contribution is -2.47. The second-order valence-corrected chi connectivity index (χ2v) is 10.9. The molecule has 0 radical (unpaired) electrons. The quantitative estimate of drug-likeness (QED) is 0.307. The number of hydrogen-bond donors (Lipinski definition) is 2. The van der Waals surface area contributed by atoms with E-state index in [1.165, 1.54) is 27.5 Å². The molecule has 2 bridgehead atoms. The van der Waals surface area contributed by atoms with Crippen LogP contribution in [0.2, 0.25) is 0 Å². The summed E-state index contributed by atoms with van der Waals surface area (Å²) in [5.74, 6) is 0.939. The molecule has 2 aromatic heterocycles. The minimum Gasteiger partial charge on any atom is -0.493 e. The van der Waals surface area contributed by atoms with E-state index in [0.717, 1.165) is 17.8 Å². The second kappa shape index (κ2) is 12.1. The van der Waals surface area contributed by atoms with Gasteiger partial charge in [0, 0.05) is 73.1 Å². The van der Waals surface area contributed by atoms with Crippen LogP contribution >= 0.6 is 0 Å². The lowest BCUT2D eigenvalue weighted by atomic mass is 9.83. The zero-order valence-electron chi connectivity index (χ0n) is 24.7. The lowest BCUT2D eigenvalue weighted by molar-refractivity contribution is 0.101. The van der Waals surface area contributed by atoms with Crippen LogP contribution in [0.15, 0.2) is 77.9 Å². The highest BCUT2D eigenvalue weighted by Gasteiger charge is 2.35. The Bertz CT molecular complexity index is 1750. The molecule has 1 saturated heterocycles. The smallest absolute Gasteiger partial charge is 0.257 e. The molecular formula is C33H33N5O6. The number of hydrogen-bond acceptors (Lipinski definition) is 8. The number of fused-ring (bicyclic) bond motifs is 4. The number of methoxy groups -OCH3 is 3. The van der Waals surface area contributed by atoms with E-state index in [9.17, 15) is 14.4 Å². The predicted octanol–water partition coefficient (Wildman–Crippen LogP) is 4.40. The molecular weight excluding hydrogens is 562 g/mol. The summed E-state index contributed by atoms with van der Waals surface area (Å²) in [7, 11) is 4.52. The van der Waals surface area contributed by atoms with Crippen molar-refractivity contribution < 1.29 is 23.8 Å². The monoisotopic (exact) mass is 595 g/mol. The summed E-state index contributed by atoms with van der Waals surface area (Å²) in [6.07, 6.45) is 4.09. The van der Waals surface area contributed by atoms with Gasteiger partial charge in [-0.15, -0.1) is 0 Å². The van der Waals surface area contributed by atoms with E-state index in [1.807, 2.05) is 22.8 Å². The molecule has 2 aliphatic heterocycles. The third kappa shape index (κ3) is 5.56. The van der Waals surface area contributed by atoms with Gasteiger partial charge in [-0.25, -0.2) is 0 Å². The Morgan fingerprint density at radius 2 is 1.61 bits per heavy atom. The first-order valence-electron chi connectivity index (χ1n) is 14.3. The van der Waals surface area contributed by atoms with Gasteiger partial charge in [0.25, 0.3) is 17.4 Å². The van der Waals surface area contributed by atoms with Gasteiger partial charge in [-0.05, 0) is 48.7 Å². The van der Waals surface area contributed by atoms with E-state index in [2.05, 4.69) is 20.5 Å². The van der Waals surface area contributed by atoms with E-state index in [0.29, 0.717) is 59.4 Å². The summed E-state index contributed by atoms with van der Waals surface area (Å²) in [6.45, 7) is 2.03. The van der Waals surface area contributed by atoms with Crippen LogP contribution in [-0.2, 0) is 6.54 Å². The molecule has 6 rings (SSSR count). The number of pyridine rings is 2. The Hall–Kier alpha value is -5.32. The summed E-state index contributed by atoms with van der Waals surface area (Å²) < 4.78 is 18.1. The molecule has 0 unspecified atom stereocenters. The highest BCUT2D eigenvalue weighted by molar-refractivity contribution is 6.09. The minimum atomic E-state index is -0.383. The van der Waals surface area contributed by atoms with Crippen molar-refractivity contribution in [3.8, 4) is 17.2 Å². The molecule has 0 aliphatic carbocycles. The van der Waals surface area contributed by atoms with Crippen LogP contribution in [-0.4, -0.2) is 55.8 Å². The Labute approximate surface area is 254 Å². The molecule has 0 saturated carbocycles. The molecule has 4 aromatic rings. The maximum Gasteiger partial charge on any atom is 0.257 e. The topological polar surface area (TPSA) is 124 Å². The van der Waals surface area contributed by atoms with Crippen molar-refractivity contribution in [2.75, 3.05) is 50.0 Å². The highest BCUT2D eigenvalue weighted by Crippen LogP contribution is 2.41. The summed E-state index contributed by atoms with van der Waals surface area (Å²) in [5.41, 5.74) is 3.55. The summed E-state index contributed by atoms with van der Waals surface area (Å²) in [5, 5.41) is 5.91. The number of aromatic nitrogens is 2. The predicted molar refractivity (Wildman–Crippen MR) is 166 cm³/mol. The Balaban J connectivity index is 1.32. The maximum absolute atomic E-state index is 13.5. The number of rotatable bonds is 8. The molecule has 2 aliphatic rings. The third-order valence-corrected chi connectivity index (χ3v) is 8.17. The van der Waals surface area contributed by atoms with Crippen LogP contribution < -0.4 is 35.3 Å². The fourth-order valence-corrected chi connectivity index (χ4v) is 6.19.